The third-order valence-corrected chi connectivity index (χ3v) is 2.70. The van der Waals surface area contributed by atoms with Crippen LogP contribution in [0.1, 0.15) is 12.5 Å². The van der Waals surface area contributed by atoms with Crippen LogP contribution in [-0.2, 0) is 6.54 Å². The molecule has 0 spiro atoms. The number of halogens is 1. The molecular formula is C11H14ClNO3. The van der Waals surface area contributed by atoms with Crippen LogP contribution in [-0.4, -0.2) is 24.5 Å². The second-order valence-corrected chi connectivity index (χ2v) is 4.18. The molecule has 2 N–H and O–H groups in total. The molecule has 0 radical (unpaired) electrons. The standard InChI is InChI=1S/C11H14ClNO3/c1-7(5-14)13-4-8-2-9(12)11-10(3-8)15-6-16-11/h2-3,7,13-14H,4-6H2,1H3. The molecule has 1 heterocycles. The number of ether oxygens (including phenoxy) is 2. The van der Waals surface area contributed by atoms with E-state index >= 15 is 0 Å². The van der Waals surface area contributed by atoms with Gasteiger partial charge in [-0.05, 0) is 24.6 Å². The Morgan fingerprint density at radius 2 is 2.31 bits per heavy atom. The minimum Gasteiger partial charge on any atom is -0.454 e. The Kier molecular flexibility index (Phi) is 3.53. The second-order valence-electron chi connectivity index (χ2n) is 3.78. The van der Waals surface area contributed by atoms with Crippen LogP contribution in [0.5, 0.6) is 11.5 Å². The first-order valence-electron chi connectivity index (χ1n) is 5.13. The molecule has 2 rings (SSSR count). The van der Waals surface area contributed by atoms with Gasteiger partial charge < -0.3 is 19.9 Å². The number of aliphatic hydroxyl groups excluding tert-OH is 1. The summed E-state index contributed by atoms with van der Waals surface area (Å²) < 4.78 is 10.5. The Balaban J connectivity index is 2.08. The van der Waals surface area contributed by atoms with E-state index in [0.29, 0.717) is 23.1 Å². The fourth-order valence-corrected chi connectivity index (χ4v) is 1.77. The van der Waals surface area contributed by atoms with Gasteiger partial charge in [0.15, 0.2) is 11.5 Å². The summed E-state index contributed by atoms with van der Waals surface area (Å²) in [6, 6.07) is 3.79. The number of rotatable bonds is 4. The number of benzene rings is 1. The van der Waals surface area contributed by atoms with E-state index in [9.17, 15) is 0 Å². The van der Waals surface area contributed by atoms with E-state index in [-0.39, 0.29) is 19.4 Å². The third-order valence-electron chi connectivity index (χ3n) is 2.42. The molecule has 88 valence electrons. The second kappa shape index (κ2) is 4.91. The Morgan fingerprint density at radius 3 is 3.06 bits per heavy atom. The van der Waals surface area contributed by atoms with E-state index in [4.69, 9.17) is 26.2 Å². The van der Waals surface area contributed by atoms with Crippen LogP contribution in [0.4, 0.5) is 0 Å². The SMILES string of the molecule is CC(CO)NCc1cc(Cl)c2c(c1)OCO2. The summed E-state index contributed by atoms with van der Waals surface area (Å²) in [5.41, 5.74) is 1.01. The average Bonchev–Trinajstić information content (AvgIpc) is 2.74. The number of hydrogen-bond donors (Lipinski definition) is 2. The molecule has 0 aliphatic carbocycles. The van der Waals surface area contributed by atoms with Crippen LogP contribution in [0.2, 0.25) is 5.02 Å². The molecule has 1 aliphatic heterocycles. The van der Waals surface area contributed by atoms with Crippen LogP contribution in [0.25, 0.3) is 0 Å². The highest BCUT2D eigenvalue weighted by molar-refractivity contribution is 6.32. The van der Waals surface area contributed by atoms with Gasteiger partial charge in [-0.15, -0.1) is 0 Å². The zero-order valence-corrected chi connectivity index (χ0v) is 9.75. The van der Waals surface area contributed by atoms with Crippen LogP contribution in [0.3, 0.4) is 0 Å². The predicted octanol–water partition coefficient (Wildman–Crippen LogP) is 1.54. The Morgan fingerprint density at radius 1 is 1.50 bits per heavy atom. The molecule has 1 aromatic carbocycles. The van der Waals surface area contributed by atoms with Gasteiger partial charge in [0, 0.05) is 12.6 Å². The molecule has 0 saturated heterocycles. The normalized spacial score (nSPS) is 15.2. The molecule has 16 heavy (non-hydrogen) atoms. The van der Waals surface area contributed by atoms with Gasteiger partial charge in [-0.25, -0.2) is 0 Å². The molecule has 0 amide bonds. The topological polar surface area (TPSA) is 50.7 Å². The summed E-state index contributed by atoms with van der Waals surface area (Å²) >= 11 is 6.04. The van der Waals surface area contributed by atoms with Crippen molar-refractivity contribution in [2.75, 3.05) is 13.4 Å². The van der Waals surface area contributed by atoms with Gasteiger partial charge in [0.05, 0.1) is 11.6 Å². The lowest BCUT2D eigenvalue weighted by Gasteiger charge is -2.11. The number of nitrogens with one attached hydrogen (secondary N) is 1. The van der Waals surface area contributed by atoms with E-state index in [1.807, 2.05) is 19.1 Å². The molecule has 0 saturated carbocycles. The van der Waals surface area contributed by atoms with E-state index in [2.05, 4.69) is 5.32 Å². The Bertz CT molecular complexity index is 384. The lowest BCUT2D eigenvalue weighted by molar-refractivity contribution is 0.174. The number of hydrogen-bond acceptors (Lipinski definition) is 4. The van der Waals surface area contributed by atoms with Crippen molar-refractivity contribution in [1.82, 2.24) is 5.32 Å². The summed E-state index contributed by atoms with van der Waals surface area (Å²) in [5, 5.41) is 12.6. The molecule has 0 aromatic heterocycles. The quantitative estimate of drug-likeness (QED) is 0.842. The molecule has 0 fully saturated rings. The maximum atomic E-state index is 8.89. The summed E-state index contributed by atoms with van der Waals surface area (Å²) in [5.74, 6) is 1.29. The molecule has 0 bridgehead atoms. The van der Waals surface area contributed by atoms with Crippen LogP contribution < -0.4 is 14.8 Å². The highest BCUT2D eigenvalue weighted by atomic mass is 35.5. The minimum absolute atomic E-state index is 0.0594. The lowest BCUT2D eigenvalue weighted by Crippen LogP contribution is -2.28. The van der Waals surface area contributed by atoms with Crippen molar-refractivity contribution < 1.29 is 14.6 Å². The van der Waals surface area contributed by atoms with Crippen molar-refractivity contribution in [1.29, 1.82) is 0 Å². The summed E-state index contributed by atoms with van der Waals surface area (Å²) in [6.07, 6.45) is 0. The van der Waals surface area contributed by atoms with E-state index in [1.54, 1.807) is 0 Å². The van der Waals surface area contributed by atoms with Crippen molar-refractivity contribution in [3.8, 4) is 11.5 Å². The summed E-state index contributed by atoms with van der Waals surface area (Å²) in [6.45, 7) is 2.88. The molecule has 1 atom stereocenters. The van der Waals surface area contributed by atoms with E-state index in [1.165, 1.54) is 0 Å². The fraction of sp³-hybridized carbons (Fsp3) is 0.455. The van der Waals surface area contributed by atoms with Crippen molar-refractivity contribution >= 4 is 11.6 Å². The Hall–Kier alpha value is -0.970. The van der Waals surface area contributed by atoms with Crippen molar-refractivity contribution in [2.45, 2.75) is 19.5 Å². The molecule has 1 aromatic rings. The number of fused-ring (bicyclic) bond motifs is 1. The van der Waals surface area contributed by atoms with Gasteiger partial charge in [-0.2, -0.15) is 0 Å². The summed E-state index contributed by atoms with van der Waals surface area (Å²) in [4.78, 5) is 0. The molecule has 1 aliphatic rings. The smallest absolute Gasteiger partial charge is 0.231 e. The maximum Gasteiger partial charge on any atom is 0.231 e. The first-order chi connectivity index (χ1) is 7.70. The zero-order valence-electron chi connectivity index (χ0n) is 9.00. The highest BCUT2D eigenvalue weighted by Crippen LogP contribution is 2.39. The largest absolute Gasteiger partial charge is 0.454 e. The average molecular weight is 244 g/mol. The summed E-state index contributed by atoms with van der Waals surface area (Å²) in [7, 11) is 0. The van der Waals surface area contributed by atoms with Gasteiger partial charge >= 0.3 is 0 Å². The fourth-order valence-electron chi connectivity index (χ4n) is 1.48. The number of aliphatic hydroxyl groups is 1. The van der Waals surface area contributed by atoms with Gasteiger partial charge in [0.25, 0.3) is 0 Å². The Labute approximate surface area is 99.1 Å². The third kappa shape index (κ3) is 2.40. The van der Waals surface area contributed by atoms with Crippen LogP contribution in [0.15, 0.2) is 12.1 Å². The van der Waals surface area contributed by atoms with Crippen molar-refractivity contribution in [3.63, 3.8) is 0 Å². The molecule has 4 nitrogen and oxygen atoms in total. The van der Waals surface area contributed by atoms with E-state index in [0.717, 1.165) is 5.56 Å². The molecule has 5 heteroatoms. The van der Waals surface area contributed by atoms with E-state index < -0.39 is 0 Å². The maximum absolute atomic E-state index is 8.89. The first kappa shape index (κ1) is 11.5. The van der Waals surface area contributed by atoms with Crippen molar-refractivity contribution in [2.24, 2.45) is 0 Å². The first-order valence-corrected chi connectivity index (χ1v) is 5.50. The van der Waals surface area contributed by atoms with Gasteiger partial charge in [-0.3, -0.25) is 0 Å². The monoisotopic (exact) mass is 243 g/mol. The molecular weight excluding hydrogens is 230 g/mol. The molecule has 1 unspecified atom stereocenters. The zero-order chi connectivity index (χ0) is 11.5. The predicted molar refractivity (Wildman–Crippen MR) is 61.0 cm³/mol. The minimum atomic E-state index is 0.0594. The lowest BCUT2D eigenvalue weighted by atomic mass is 10.2. The van der Waals surface area contributed by atoms with Gasteiger partial charge in [0.2, 0.25) is 6.79 Å². The van der Waals surface area contributed by atoms with Gasteiger partial charge in [-0.1, -0.05) is 11.6 Å². The van der Waals surface area contributed by atoms with Crippen LogP contribution in [0, 0.1) is 0 Å². The van der Waals surface area contributed by atoms with Crippen molar-refractivity contribution in [3.05, 3.63) is 22.7 Å². The highest BCUT2D eigenvalue weighted by Gasteiger charge is 2.18. The van der Waals surface area contributed by atoms with Gasteiger partial charge in [0.1, 0.15) is 0 Å². The van der Waals surface area contributed by atoms with Crippen LogP contribution >= 0.6 is 11.6 Å².